The average Bonchev–Trinajstić information content (AvgIpc) is 3.60. The van der Waals surface area contributed by atoms with Crippen molar-refractivity contribution in [3.8, 4) is 22.9 Å². The molecule has 41 heavy (non-hydrogen) atoms. The molecule has 0 amide bonds. The molecule has 0 unspecified atom stereocenters. The van der Waals surface area contributed by atoms with Crippen molar-refractivity contribution in [3.63, 3.8) is 0 Å². The van der Waals surface area contributed by atoms with Crippen LogP contribution in [0.1, 0.15) is 25.0 Å². The highest BCUT2D eigenvalue weighted by atomic mass is 15.2. The summed E-state index contributed by atoms with van der Waals surface area (Å²) in [5.74, 6) is 0.687. The summed E-state index contributed by atoms with van der Waals surface area (Å²) >= 11 is 0. The summed E-state index contributed by atoms with van der Waals surface area (Å²) in [6.07, 6.45) is 2.22. The van der Waals surface area contributed by atoms with Gasteiger partial charge in [0.25, 0.3) is 0 Å². The Morgan fingerprint density at radius 3 is 2.20 bits per heavy atom. The molecule has 8 aromatic rings. The first-order valence-corrected chi connectivity index (χ1v) is 14.1. The zero-order chi connectivity index (χ0) is 27.3. The molecule has 5 aromatic carbocycles. The van der Waals surface area contributed by atoms with Crippen LogP contribution in [0.4, 0.5) is 0 Å². The number of para-hydroxylation sites is 3. The Morgan fingerprint density at radius 2 is 1.32 bits per heavy atom. The maximum atomic E-state index is 5.29. The maximum absolute atomic E-state index is 5.29. The molecule has 0 N–H and O–H groups in total. The van der Waals surface area contributed by atoms with Gasteiger partial charge < -0.3 is 4.57 Å². The number of rotatable bonds is 2. The molecule has 4 heterocycles. The Labute approximate surface area is 237 Å². The van der Waals surface area contributed by atoms with Crippen molar-refractivity contribution in [2.75, 3.05) is 0 Å². The molecule has 1 aliphatic heterocycles. The standard InChI is InChI=1S/C37H26N4/c1-37(2)28-16-8-11-19-32(28)40-21-20-26-34-27(22-29(37)35(26)40)24-14-7-10-18-31(24)41(34)36-38-30-17-9-6-15-25(30)33(39-36)23-12-4-3-5-13-23/h3-22H,1-2H3. The average molecular weight is 527 g/mol. The number of fused-ring (bicyclic) bond motifs is 7. The molecule has 0 radical (unpaired) electrons. The van der Waals surface area contributed by atoms with Gasteiger partial charge in [0.2, 0.25) is 5.95 Å². The molecule has 0 atom stereocenters. The minimum Gasteiger partial charge on any atom is -0.316 e. The highest BCUT2D eigenvalue weighted by molar-refractivity contribution is 6.19. The van der Waals surface area contributed by atoms with E-state index in [0.29, 0.717) is 5.95 Å². The number of hydrogen-bond donors (Lipinski definition) is 0. The maximum Gasteiger partial charge on any atom is 0.235 e. The van der Waals surface area contributed by atoms with Gasteiger partial charge in [0, 0.05) is 44.4 Å². The molecule has 0 aliphatic carbocycles. The van der Waals surface area contributed by atoms with Gasteiger partial charge in [-0.2, -0.15) is 0 Å². The molecule has 0 saturated heterocycles. The molecular formula is C37H26N4. The summed E-state index contributed by atoms with van der Waals surface area (Å²) in [4.78, 5) is 10.5. The SMILES string of the molecule is CC1(C)c2ccccc2-n2ccc3c2c1cc1c2ccccc2n(-c2nc(-c4ccccc4)c4ccccc4n2)c13. The van der Waals surface area contributed by atoms with Crippen molar-refractivity contribution < 1.29 is 0 Å². The van der Waals surface area contributed by atoms with Gasteiger partial charge in [0.15, 0.2) is 0 Å². The van der Waals surface area contributed by atoms with E-state index in [2.05, 4.69) is 138 Å². The van der Waals surface area contributed by atoms with Gasteiger partial charge in [-0.15, -0.1) is 0 Å². The largest absolute Gasteiger partial charge is 0.316 e. The van der Waals surface area contributed by atoms with Crippen LogP contribution in [0.15, 0.2) is 121 Å². The number of nitrogens with zero attached hydrogens (tertiary/aromatic N) is 4. The van der Waals surface area contributed by atoms with E-state index in [1.165, 1.54) is 38.5 Å². The molecule has 194 valence electrons. The second kappa shape index (κ2) is 7.92. The van der Waals surface area contributed by atoms with Crippen molar-refractivity contribution in [3.05, 3.63) is 133 Å². The van der Waals surface area contributed by atoms with Gasteiger partial charge in [-0.3, -0.25) is 4.57 Å². The van der Waals surface area contributed by atoms with Gasteiger partial charge in [-0.05, 0) is 41.5 Å². The molecule has 9 rings (SSSR count). The van der Waals surface area contributed by atoms with E-state index in [-0.39, 0.29) is 5.41 Å². The smallest absolute Gasteiger partial charge is 0.235 e. The van der Waals surface area contributed by atoms with E-state index in [9.17, 15) is 0 Å². The third kappa shape index (κ3) is 2.94. The molecule has 4 nitrogen and oxygen atoms in total. The fourth-order valence-corrected chi connectivity index (χ4v) is 7.01. The van der Waals surface area contributed by atoms with E-state index in [1.54, 1.807) is 0 Å². The monoisotopic (exact) mass is 526 g/mol. The first kappa shape index (κ1) is 22.6. The normalized spacial score (nSPS) is 13.8. The molecular weight excluding hydrogens is 500 g/mol. The molecule has 4 heteroatoms. The van der Waals surface area contributed by atoms with Crippen molar-refractivity contribution in [1.29, 1.82) is 0 Å². The van der Waals surface area contributed by atoms with Crippen LogP contribution in [-0.4, -0.2) is 19.1 Å². The summed E-state index contributed by atoms with van der Waals surface area (Å²) in [5.41, 5.74) is 10.3. The van der Waals surface area contributed by atoms with Gasteiger partial charge in [-0.1, -0.05) is 98.8 Å². The van der Waals surface area contributed by atoms with E-state index in [1.807, 2.05) is 6.07 Å². The zero-order valence-electron chi connectivity index (χ0n) is 22.8. The van der Waals surface area contributed by atoms with Crippen LogP contribution in [0.25, 0.3) is 66.5 Å². The van der Waals surface area contributed by atoms with Crippen molar-refractivity contribution >= 4 is 43.6 Å². The van der Waals surface area contributed by atoms with E-state index >= 15 is 0 Å². The minimum atomic E-state index is -0.138. The van der Waals surface area contributed by atoms with Crippen LogP contribution < -0.4 is 0 Å². The molecule has 0 bridgehead atoms. The Hall–Kier alpha value is -5.22. The minimum absolute atomic E-state index is 0.138. The number of benzene rings is 5. The lowest BCUT2D eigenvalue weighted by atomic mass is 9.74. The topological polar surface area (TPSA) is 35.6 Å². The lowest BCUT2D eigenvalue weighted by molar-refractivity contribution is 0.629. The third-order valence-corrected chi connectivity index (χ3v) is 8.95. The van der Waals surface area contributed by atoms with Crippen LogP contribution >= 0.6 is 0 Å². The first-order valence-electron chi connectivity index (χ1n) is 14.1. The summed E-state index contributed by atoms with van der Waals surface area (Å²) in [6, 6.07) is 40.9. The molecule has 0 spiro atoms. The van der Waals surface area contributed by atoms with E-state index < -0.39 is 0 Å². The van der Waals surface area contributed by atoms with Crippen LogP contribution in [0.3, 0.4) is 0 Å². The van der Waals surface area contributed by atoms with Gasteiger partial charge >= 0.3 is 0 Å². The van der Waals surface area contributed by atoms with Crippen molar-refractivity contribution in [1.82, 2.24) is 19.1 Å². The zero-order valence-corrected chi connectivity index (χ0v) is 22.8. The van der Waals surface area contributed by atoms with Crippen LogP contribution in [0.5, 0.6) is 0 Å². The second-order valence-electron chi connectivity index (χ2n) is 11.5. The first-order chi connectivity index (χ1) is 20.1. The quantitative estimate of drug-likeness (QED) is 0.225. The van der Waals surface area contributed by atoms with Gasteiger partial charge in [0.1, 0.15) is 0 Å². The molecule has 1 aliphatic rings. The van der Waals surface area contributed by atoms with Crippen LogP contribution in [0.2, 0.25) is 0 Å². The van der Waals surface area contributed by atoms with Crippen molar-refractivity contribution in [2.24, 2.45) is 0 Å². The van der Waals surface area contributed by atoms with Gasteiger partial charge in [-0.25, -0.2) is 9.97 Å². The predicted molar refractivity (Wildman–Crippen MR) is 168 cm³/mol. The summed E-state index contributed by atoms with van der Waals surface area (Å²) < 4.78 is 4.64. The molecule has 3 aromatic heterocycles. The highest BCUT2D eigenvalue weighted by Gasteiger charge is 2.35. The lowest BCUT2D eigenvalue weighted by Gasteiger charge is -2.34. The Balaban J connectivity index is 1.46. The Bertz CT molecular complexity index is 2340. The fraction of sp³-hybridized carbons (Fsp3) is 0.0811. The Kier molecular flexibility index (Phi) is 4.36. The summed E-state index contributed by atoms with van der Waals surface area (Å²) in [6.45, 7) is 4.70. The number of aromatic nitrogens is 4. The highest BCUT2D eigenvalue weighted by Crippen LogP contribution is 2.48. The summed E-state index contributed by atoms with van der Waals surface area (Å²) in [5, 5.41) is 4.70. The number of hydrogen-bond acceptors (Lipinski definition) is 2. The van der Waals surface area contributed by atoms with E-state index in [0.717, 1.165) is 33.2 Å². The van der Waals surface area contributed by atoms with Crippen molar-refractivity contribution in [2.45, 2.75) is 19.3 Å². The second-order valence-corrected chi connectivity index (χ2v) is 11.5. The molecule has 0 saturated carbocycles. The molecule has 0 fully saturated rings. The fourth-order valence-electron chi connectivity index (χ4n) is 7.01. The van der Waals surface area contributed by atoms with Gasteiger partial charge in [0.05, 0.1) is 27.8 Å². The Morgan fingerprint density at radius 1 is 0.585 bits per heavy atom. The van der Waals surface area contributed by atoms with E-state index in [4.69, 9.17) is 9.97 Å². The van der Waals surface area contributed by atoms with Crippen LogP contribution in [-0.2, 0) is 5.41 Å². The van der Waals surface area contributed by atoms with Crippen LogP contribution in [0, 0.1) is 0 Å². The third-order valence-electron chi connectivity index (χ3n) is 8.95. The predicted octanol–water partition coefficient (Wildman–Crippen LogP) is 8.98. The summed E-state index contributed by atoms with van der Waals surface area (Å²) in [7, 11) is 0. The lowest BCUT2D eigenvalue weighted by Crippen LogP contribution is -2.26.